The van der Waals surface area contributed by atoms with E-state index in [0.29, 0.717) is 5.56 Å². The van der Waals surface area contributed by atoms with Crippen molar-refractivity contribution in [3.63, 3.8) is 0 Å². The van der Waals surface area contributed by atoms with E-state index < -0.39 is 66.1 Å². The van der Waals surface area contributed by atoms with E-state index in [1.807, 2.05) is 24.3 Å². The lowest BCUT2D eigenvalue weighted by Crippen LogP contribution is -2.69. The zero-order chi connectivity index (χ0) is 28.2. The summed E-state index contributed by atoms with van der Waals surface area (Å²) >= 11 is 1.41. The molecule has 0 saturated carbocycles. The lowest BCUT2D eigenvalue weighted by molar-refractivity contribution is -0.344. The Morgan fingerprint density at radius 2 is 1.95 bits per heavy atom. The van der Waals surface area contributed by atoms with E-state index in [1.165, 1.54) is 17.5 Å². The van der Waals surface area contributed by atoms with Crippen LogP contribution in [0.2, 0.25) is 0 Å². The van der Waals surface area contributed by atoms with Crippen molar-refractivity contribution in [2.45, 2.75) is 42.6 Å². The van der Waals surface area contributed by atoms with Crippen molar-refractivity contribution in [1.29, 1.82) is 0 Å². The summed E-state index contributed by atoms with van der Waals surface area (Å²) in [4.78, 5) is 13.3. The molecule has 0 aliphatic carbocycles. The number of nitrogens with zero attached hydrogens (tertiary/aromatic N) is 3. The second-order valence-corrected chi connectivity index (χ2v) is 10.5. The second kappa shape index (κ2) is 10.2. The van der Waals surface area contributed by atoms with Crippen LogP contribution in [-0.4, -0.2) is 79.6 Å². The predicted octanol–water partition coefficient (Wildman–Crippen LogP) is 2.15. The zero-order valence-corrected chi connectivity index (χ0v) is 21.4. The molecule has 210 valence electrons. The van der Waals surface area contributed by atoms with Crippen LogP contribution in [0.25, 0.3) is 21.3 Å². The summed E-state index contributed by atoms with van der Waals surface area (Å²) in [6.45, 7) is -0.578. The largest absolute Gasteiger partial charge is 0.394 e. The van der Waals surface area contributed by atoms with E-state index in [1.54, 1.807) is 5.38 Å². The number of aliphatic hydroxyl groups excluding tert-OH is 3. The number of fused-ring (bicyclic) bond motifs is 1. The standard InChI is InChI=1S/C26H23F3N4O6S/c27-15-7-12(8-16(28)21(15)29)17-9-33(32-31-17)22-23(35)18(10-34)39-26(24(22)36)20(5-6-38-26)30-25(37)14-11-40-19-4-2-1-3-13(14)19/h1-4,7-9,11,18,20,22-24,34-36H,5-6,10H2,(H,30,37)/t18-,20-,22+,23+,24-,26+/m1/s1. The van der Waals surface area contributed by atoms with Crippen molar-refractivity contribution in [1.82, 2.24) is 20.3 Å². The number of nitrogens with one attached hydrogen (secondary N) is 1. The molecule has 1 amide bonds. The molecular formula is C26H23F3N4O6S. The minimum absolute atomic E-state index is 0.0696. The van der Waals surface area contributed by atoms with Crippen molar-refractivity contribution in [3.05, 3.63) is 71.0 Å². The maximum Gasteiger partial charge on any atom is 0.253 e. The van der Waals surface area contributed by atoms with Crippen molar-refractivity contribution in [2.24, 2.45) is 0 Å². The third-order valence-electron chi connectivity index (χ3n) is 7.33. The Balaban J connectivity index is 1.32. The molecule has 2 aliphatic rings. The quantitative estimate of drug-likeness (QED) is 0.265. The molecule has 2 aliphatic heterocycles. The van der Waals surface area contributed by atoms with Crippen molar-refractivity contribution < 1.29 is 42.8 Å². The summed E-state index contributed by atoms with van der Waals surface area (Å²) in [5.41, 5.74) is 0.236. The number of hydrogen-bond acceptors (Lipinski definition) is 9. The van der Waals surface area contributed by atoms with Crippen LogP contribution in [0.5, 0.6) is 0 Å². The van der Waals surface area contributed by atoms with Gasteiger partial charge in [-0.15, -0.1) is 16.4 Å². The van der Waals surface area contributed by atoms with E-state index >= 15 is 0 Å². The van der Waals surface area contributed by atoms with Gasteiger partial charge in [-0.1, -0.05) is 23.4 Å². The highest BCUT2D eigenvalue weighted by Crippen LogP contribution is 2.43. The van der Waals surface area contributed by atoms with Gasteiger partial charge in [-0.3, -0.25) is 4.79 Å². The average molecular weight is 577 g/mol. The molecule has 40 heavy (non-hydrogen) atoms. The molecule has 4 aromatic rings. The first kappa shape index (κ1) is 26.8. The van der Waals surface area contributed by atoms with Gasteiger partial charge in [0.1, 0.15) is 30.0 Å². The molecule has 2 fully saturated rings. The number of amides is 1. The molecule has 6 atom stereocenters. The summed E-state index contributed by atoms with van der Waals surface area (Å²) in [5.74, 6) is -6.78. The molecule has 10 nitrogen and oxygen atoms in total. The number of hydrogen-bond donors (Lipinski definition) is 4. The van der Waals surface area contributed by atoms with Gasteiger partial charge in [0.15, 0.2) is 17.5 Å². The number of ether oxygens (including phenoxy) is 2. The number of rotatable bonds is 5. The molecule has 1 spiro atoms. The van der Waals surface area contributed by atoms with Crippen molar-refractivity contribution in [2.75, 3.05) is 13.2 Å². The first-order valence-electron chi connectivity index (χ1n) is 12.4. The minimum atomic E-state index is -1.88. The van der Waals surface area contributed by atoms with Crippen LogP contribution < -0.4 is 5.32 Å². The van der Waals surface area contributed by atoms with Crippen LogP contribution in [0, 0.1) is 17.5 Å². The Labute approximate surface area is 228 Å². The molecule has 0 unspecified atom stereocenters. The maximum atomic E-state index is 13.8. The van der Waals surface area contributed by atoms with E-state index in [-0.39, 0.29) is 24.3 Å². The Bertz CT molecular complexity index is 1560. The van der Waals surface area contributed by atoms with Gasteiger partial charge in [0.2, 0.25) is 5.79 Å². The Morgan fingerprint density at radius 1 is 1.20 bits per heavy atom. The van der Waals surface area contributed by atoms with E-state index in [4.69, 9.17) is 9.47 Å². The number of carbonyl (C=O) groups is 1. The smallest absolute Gasteiger partial charge is 0.253 e. The molecule has 2 aromatic carbocycles. The van der Waals surface area contributed by atoms with Crippen molar-refractivity contribution >= 4 is 27.3 Å². The topological polar surface area (TPSA) is 139 Å². The third-order valence-corrected chi connectivity index (χ3v) is 8.29. The Kier molecular flexibility index (Phi) is 6.84. The highest BCUT2D eigenvalue weighted by Gasteiger charge is 2.62. The number of carbonyl (C=O) groups excluding carboxylic acids is 1. The summed E-state index contributed by atoms with van der Waals surface area (Å²) in [7, 11) is 0. The van der Waals surface area contributed by atoms with E-state index in [0.717, 1.165) is 26.9 Å². The van der Waals surface area contributed by atoms with Crippen LogP contribution in [0.3, 0.4) is 0 Å². The predicted molar refractivity (Wildman–Crippen MR) is 135 cm³/mol. The van der Waals surface area contributed by atoms with Gasteiger partial charge in [-0.2, -0.15) is 0 Å². The molecule has 2 saturated heterocycles. The number of aliphatic hydroxyl groups is 3. The van der Waals surface area contributed by atoms with Crippen LogP contribution in [0.15, 0.2) is 48.0 Å². The van der Waals surface area contributed by atoms with Crippen LogP contribution >= 0.6 is 11.3 Å². The van der Waals surface area contributed by atoms with Crippen LogP contribution in [0.1, 0.15) is 22.8 Å². The first-order chi connectivity index (χ1) is 19.2. The maximum absolute atomic E-state index is 13.8. The minimum Gasteiger partial charge on any atom is -0.394 e. The number of halogens is 3. The molecule has 6 rings (SSSR count). The monoisotopic (exact) mass is 576 g/mol. The average Bonchev–Trinajstić information content (AvgIpc) is 3.69. The van der Waals surface area contributed by atoms with Gasteiger partial charge in [-0.25, -0.2) is 17.9 Å². The van der Waals surface area contributed by atoms with Crippen LogP contribution in [0.4, 0.5) is 13.2 Å². The lowest BCUT2D eigenvalue weighted by atomic mass is 9.86. The normalized spacial score (nSPS) is 28.4. The second-order valence-electron chi connectivity index (χ2n) is 9.63. The van der Waals surface area contributed by atoms with Gasteiger partial charge in [0, 0.05) is 21.0 Å². The molecule has 0 bridgehead atoms. The molecule has 2 aromatic heterocycles. The van der Waals surface area contributed by atoms with E-state index in [9.17, 15) is 33.3 Å². The first-order valence-corrected chi connectivity index (χ1v) is 13.2. The number of aromatic nitrogens is 3. The Hall–Kier alpha value is -3.40. The lowest BCUT2D eigenvalue weighted by Gasteiger charge is -2.49. The molecular weight excluding hydrogens is 553 g/mol. The fraction of sp³-hybridized carbons (Fsp3) is 0.346. The number of benzene rings is 2. The molecule has 14 heteroatoms. The van der Waals surface area contributed by atoms with E-state index in [2.05, 4.69) is 15.6 Å². The fourth-order valence-corrected chi connectivity index (χ4v) is 6.27. The zero-order valence-electron chi connectivity index (χ0n) is 20.6. The fourth-order valence-electron chi connectivity index (χ4n) is 5.33. The SMILES string of the molecule is O=C(N[C@@H]1CCO[C@]12O[C@H](CO)[C@H](O)[C@H](n1cc(-c3cc(F)c(F)c(F)c3)nn1)[C@H]2O)c1csc2ccccc12. The van der Waals surface area contributed by atoms with Gasteiger partial charge in [0.25, 0.3) is 5.91 Å². The van der Waals surface area contributed by atoms with Crippen LogP contribution in [-0.2, 0) is 9.47 Å². The van der Waals surface area contributed by atoms with Gasteiger partial charge in [-0.05, 0) is 24.6 Å². The third kappa shape index (κ3) is 4.27. The molecule has 0 radical (unpaired) electrons. The summed E-state index contributed by atoms with van der Waals surface area (Å²) in [5, 5.41) is 45.7. The highest BCUT2D eigenvalue weighted by molar-refractivity contribution is 7.17. The molecule has 4 N–H and O–H groups in total. The van der Waals surface area contributed by atoms with Crippen molar-refractivity contribution in [3.8, 4) is 11.3 Å². The number of thiophene rings is 1. The van der Waals surface area contributed by atoms with Gasteiger partial charge in [0.05, 0.1) is 31.0 Å². The van der Waals surface area contributed by atoms with Gasteiger partial charge < -0.3 is 30.1 Å². The summed E-state index contributed by atoms with van der Waals surface area (Å²) in [6.07, 6.45) is -2.97. The summed E-state index contributed by atoms with van der Waals surface area (Å²) < 4.78 is 54.8. The van der Waals surface area contributed by atoms with Gasteiger partial charge >= 0.3 is 0 Å². The highest BCUT2D eigenvalue weighted by atomic mass is 32.1. The summed E-state index contributed by atoms with van der Waals surface area (Å²) in [6, 6.07) is 6.67. The Morgan fingerprint density at radius 3 is 2.70 bits per heavy atom. The molecule has 4 heterocycles.